The highest BCUT2D eigenvalue weighted by atomic mass is 35.5. The van der Waals surface area contributed by atoms with Gasteiger partial charge in [-0.15, -0.1) is 0 Å². The van der Waals surface area contributed by atoms with Gasteiger partial charge in [-0.1, -0.05) is 17.7 Å². The molecule has 0 aliphatic rings. The van der Waals surface area contributed by atoms with Crippen molar-refractivity contribution in [3.8, 4) is 17.2 Å². The van der Waals surface area contributed by atoms with Gasteiger partial charge in [-0.05, 0) is 26.0 Å². The first-order chi connectivity index (χ1) is 11.0. The quantitative estimate of drug-likeness (QED) is 0.726. The van der Waals surface area contributed by atoms with Crippen LogP contribution in [0.1, 0.15) is 19.9 Å². The lowest BCUT2D eigenvalue weighted by atomic mass is 10.3. The average molecular weight is 339 g/mol. The van der Waals surface area contributed by atoms with Gasteiger partial charge in [-0.3, -0.25) is 4.79 Å². The molecule has 23 heavy (non-hydrogen) atoms. The van der Waals surface area contributed by atoms with Gasteiger partial charge < -0.3 is 14.2 Å². The highest BCUT2D eigenvalue weighted by Gasteiger charge is 2.12. The van der Waals surface area contributed by atoms with Crippen molar-refractivity contribution in [1.82, 2.24) is 9.78 Å². The summed E-state index contributed by atoms with van der Waals surface area (Å²) in [7, 11) is 1.59. The van der Waals surface area contributed by atoms with Gasteiger partial charge in [-0.2, -0.15) is 5.10 Å². The molecule has 0 N–H and O–H groups in total. The number of halogens is 1. The third-order valence-electron chi connectivity index (χ3n) is 3.05. The van der Waals surface area contributed by atoms with Crippen molar-refractivity contribution in [3.05, 3.63) is 45.8 Å². The van der Waals surface area contributed by atoms with Crippen molar-refractivity contribution in [2.45, 2.75) is 19.9 Å². The zero-order chi connectivity index (χ0) is 16.8. The van der Waals surface area contributed by atoms with Crippen molar-refractivity contribution in [3.63, 3.8) is 0 Å². The number of aromatic nitrogens is 2. The average Bonchev–Trinajstić information content (AvgIpc) is 2.55. The summed E-state index contributed by atoms with van der Waals surface area (Å²) in [6.45, 7) is 4.25. The lowest BCUT2D eigenvalue weighted by Gasteiger charge is -2.12. The van der Waals surface area contributed by atoms with Gasteiger partial charge in [0.15, 0.2) is 10.8 Å². The van der Waals surface area contributed by atoms with Crippen LogP contribution in [0.25, 0.3) is 0 Å². The van der Waals surface area contributed by atoms with E-state index in [1.165, 1.54) is 10.9 Å². The minimum absolute atomic E-state index is 0.0232. The number of rotatable bonds is 7. The summed E-state index contributed by atoms with van der Waals surface area (Å²) in [5, 5.41) is 4.06. The molecule has 0 atom stereocenters. The van der Waals surface area contributed by atoms with Crippen molar-refractivity contribution >= 4 is 11.6 Å². The summed E-state index contributed by atoms with van der Waals surface area (Å²) >= 11 is 6.02. The Balaban J connectivity index is 1.91. The standard InChI is InChI=1S/C16H19ClN2O4/c1-11(2)19-16(20)15(17)14(10-18-19)23-8-7-22-13-6-4-5-12(9-13)21-3/h4-6,9-11H,7-8H2,1-3H3. The number of ether oxygens (including phenoxy) is 3. The molecule has 0 unspecified atom stereocenters. The smallest absolute Gasteiger partial charge is 0.289 e. The first-order valence-corrected chi connectivity index (χ1v) is 7.57. The van der Waals surface area contributed by atoms with Gasteiger partial charge in [0.1, 0.15) is 24.7 Å². The minimum atomic E-state index is -0.368. The molecule has 1 heterocycles. The highest BCUT2D eigenvalue weighted by molar-refractivity contribution is 6.31. The summed E-state index contributed by atoms with van der Waals surface area (Å²) < 4.78 is 17.4. The number of hydrogen-bond acceptors (Lipinski definition) is 5. The topological polar surface area (TPSA) is 62.6 Å². The maximum Gasteiger partial charge on any atom is 0.289 e. The molecule has 0 aliphatic carbocycles. The predicted molar refractivity (Wildman–Crippen MR) is 87.9 cm³/mol. The Bertz CT molecular complexity index is 715. The summed E-state index contributed by atoms with van der Waals surface area (Å²) in [5.41, 5.74) is -0.368. The van der Waals surface area contributed by atoms with Crippen molar-refractivity contribution in [2.24, 2.45) is 0 Å². The summed E-state index contributed by atoms with van der Waals surface area (Å²) in [6.07, 6.45) is 1.44. The fraction of sp³-hybridized carbons (Fsp3) is 0.375. The Kier molecular flexibility index (Phi) is 5.87. The number of methoxy groups -OCH3 is 1. The van der Waals surface area contributed by atoms with Crippen LogP contribution in [-0.2, 0) is 0 Å². The Hall–Kier alpha value is -2.21. The molecule has 0 spiro atoms. The van der Waals surface area contributed by atoms with Gasteiger partial charge in [-0.25, -0.2) is 4.68 Å². The van der Waals surface area contributed by atoms with Gasteiger partial charge in [0.05, 0.1) is 19.3 Å². The second-order valence-corrected chi connectivity index (χ2v) is 5.42. The maximum absolute atomic E-state index is 12.0. The molecule has 0 fully saturated rings. The largest absolute Gasteiger partial charge is 0.497 e. The molecule has 2 rings (SSSR count). The van der Waals surface area contributed by atoms with Crippen molar-refractivity contribution in [1.29, 1.82) is 0 Å². The lowest BCUT2D eigenvalue weighted by Crippen LogP contribution is -2.25. The third kappa shape index (κ3) is 4.39. The fourth-order valence-electron chi connectivity index (χ4n) is 1.90. The van der Waals surface area contributed by atoms with E-state index in [1.54, 1.807) is 13.2 Å². The summed E-state index contributed by atoms with van der Waals surface area (Å²) in [5.74, 6) is 1.64. The van der Waals surface area contributed by atoms with E-state index in [1.807, 2.05) is 32.0 Å². The number of benzene rings is 1. The molecule has 0 saturated heterocycles. The lowest BCUT2D eigenvalue weighted by molar-refractivity contribution is 0.215. The zero-order valence-electron chi connectivity index (χ0n) is 13.3. The van der Waals surface area contributed by atoms with Crippen LogP contribution in [0.4, 0.5) is 0 Å². The SMILES string of the molecule is COc1cccc(OCCOc2cnn(C(C)C)c(=O)c2Cl)c1. The molecule has 6 nitrogen and oxygen atoms in total. The second kappa shape index (κ2) is 7.87. The van der Waals surface area contributed by atoms with E-state index in [-0.39, 0.29) is 29.0 Å². The van der Waals surface area contributed by atoms with Crippen LogP contribution in [0, 0.1) is 0 Å². The van der Waals surface area contributed by atoms with E-state index in [9.17, 15) is 4.79 Å². The summed E-state index contributed by atoms with van der Waals surface area (Å²) in [6, 6.07) is 7.20. The first-order valence-electron chi connectivity index (χ1n) is 7.20. The molecule has 0 bridgehead atoms. The Morgan fingerprint density at radius 1 is 1.22 bits per heavy atom. The van der Waals surface area contributed by atoms with Crippen LogP contribution in [0.3, 0.4) is 0 Å². The van der Waals surface area contributed by atoms with Crippen LogP contribution in [0.2, 0.25) is 5.02 Å². The third-order valence-corrected chi connectivity index (χ3v) is 3.40. The molecule has 0 aliphatic heterocycles. The van der Waals surface area contributed by atoms with E-state index in [4.69, 9.17) is 25.8 Å². The zero-order valence-corrected chi connectivity index (χ0v) is 14.0. The van der Waals surface area contributed by atoms with E-state index in [0.29, 0.717) is 18.1 Å². The number of hydrogen-bond donors (Lipinski definition) is 0. The van der Waals surface area contributed by atoms with Crippen LogP contribution in [0.15, 0.2) is 35.3 Å². The van der Waals surface area contributed by atoms with Crippen LogP contribution in [-0.4, -0.2) is 30.1 Å². The predicted octanol–water partition coefficient (Wildman–Crippen LogP) is 2.94. The molecule has 7 heteroatoms. The Morgan fingerprint density at radius 2 is 1.91 bits per heavy atom. The van der Waals surface area contributed by atoms with Gasteiger partial charge in [0, 0.05) is 6.07 Å². The van der Waals surface area contributed by atoms with E-state index >= 15 is 0 Å². The van der Waals surface area contributed by atoms with Crippen LogP contribution >= 0.6 is 11.6 Å². The molecule has 1 aromatic carbocycles. The normalized spacial score (nSPS) is 10.7. The van der Waals surface area contributed by atoms with E-state index < -0.39 is 0 Å². The molecule has 1 aromatic heterocycles. The van der Waals surface area contributed by atoms with Crippen molar-refractivity contribution < 1.29 is 14.2 Å². The Labute approximate surface area is 139 Å². The second-order valence-electron chi connectivity index (χ2n) is 5.04. The fourth-order valence-corrected chi connectivity index (χ4v) is 2.09. The van der Waals surface area contributed by atoms with Crippen LogP contribution in [0.5, 0.6) is 17.2 Å². The molecule has 0 radical (unpaired) electrons. The summed E-state index contributed by atoms with van der Waals surface area (Å²) in [4.78, 5) is 12.0. The molecular weight excluding hydrogens is 320 g/mol. The molecule has 124 valence electrons. The van der Waals surface area contributed by atoms with E-state index in [2.05, 4.69) is 5.10 Å². The molecule has 0 saturated carbocycles. The molecule has 0 amide bonds. The molecular formula is C16H19ClN2O4. The maximum atomic E-state index is 12.0. The molecule has 2 aromatic rings. The number of nitrogens with zero attached hydrogens (tertiary/aromatic N) is 2. The van der Waals surface area contributed by atoms with Crippen molar-refractivity contribution in [2.75, 3.05) is 20.3 Å². The highest BCUT2D eigenvalue weighted by Crippen LogP contribution is 2.20. The first kappa shape index (κ1) is 17.1. The van der Waals surface area contributed by atoms with Gasteiger partial charge in [0.2, 0.25) is 0 Å². The van der Waals surface area contributed by atoms with Gasteiger partial charge >= 0.3 is 0 Å². The van der Waals surface area contributed by atoms with Crippen LogP contribution < -0.4 is 19.8 Å². The van der Waals surface area contributed by atoms with E-state index in [0.717, 1.165) is 0 Å². The Morgan fingerprint density at radius 3 is 2.61 bits per heavy atom. The minimum Gasteiger partial charge on any atom is -0.497 e. The monoisotopic (exact) mass is 338 g/mol. The van der Waals surface area contributed by atoms with Gasteiger partial charge in [0.25, 0.3) is 5.56 Å².